The average molecular weight is 553 g/mol. The number of hydrogen-bond acceptors (Lipinski definition) is 2. The molecule has 172 valence electrons. The molecule has 1 aliphatic rings. The third-order valence-corrected chi connectivity index (χ3v) is 6.59. The summed E-state index contributed by atoms with van der Waals surface area (Å²) in [5.74, 6) is 1.11. The molecule has 0 amide bonds. The van der Waals surface area contributed by atoms with Crippen LogP contribution in [0.25, 0.3) is 10.9 Å². The van der Waals surface area contributed by atoms with Crippen LogP contribution in [0.4, 0.5) is 5.82 Å². The quantitative estimate of drug-likeness (QED) is 0.280. The lowest BCUT2D eigenvalue weighted by Crippen LogP contribution is -3.00. The summed E-state index contributed by atoms with van der Waals surface area (Å²) in [6.07, 6.45) is 3.07. The molecule has 2 aromatic carbocycles. The molecule has 0 aliphatic carbocycles. The zero-order valence-corrected chi connectivity index (χ0v) is 22.2. The van der Waals surface area contributed by atoms with Crippen molar-refractivity contribution in [2.75, 3.05) is 32.6 Å². The molecule has 0 bridgehead atoms. The molecule has 2 aromatic heterocycles. The van der Waals surface area contributed by atoms with Gasteiger partial charge in [-0.1, -0.05) is 54.6 Å². The summed E-state index contributed by atoms with van der Waals surface area (Å²) >= 11 is 0. The van der Waals surface area contributed by atoms with E-state index in [4.69, 9.17) is 4.98 Å². The maximum absolute atomic E-state index is 4.96. The van der Waals surface area contributed by atoms with Crippen LogP contribution < -0.4 is 28.9 Å². The van der Waals surface area contributed by atoms with Crippen LogP contribution in [0.15, 0.2) is 66.9 Å². The SMILES string of the molecule is Cc1c(C[N+](C)(C)C)c2ccnc(N3CCc4ccccc4C3)c2n1Cc1ccccc1.[I-]. The van der Waals surface area contributed by atoms with Crippen LogP contribution >= 0.6 is 0 Å². The second kappa shape index (κ2) is 9.47. The molecule has 3 heterocycles. The number of fused-ring (bicyclic) bond motifs is 2. The molecule has 0 fully saturated rings. The number of nitrogens with zero attached hydrogens (tertiary/aromatic N) is 4. The number of benzene rings is 2. The van der Waals surface area contributed by atoms with Gasteiger partial charge in [-0.15, -0.1) is 0 Å². The molecular weight excluding hydrogens is 519 g/mol. The highest BCUT2D eigenvalue weighted by Gasteiger charge is 2.25. The van der Waals surface area contributed by atoms with Gasteiger partial charge in [-0.2, -0.15) is 0 Å². The number of hydrogen-bond donors (Lipinski definition) is 0. The van der Waals surface area contributed by atoms with Gasteiger partial charge >= 0.3 is 0 Å². The first-order chi connectivity index (χ1) is 15.4. The molecule has 5 rings (SSSR count). The highest BCUT2D eigenvalue weighted by Crippen LogP contribution is 2.35. The van der Waals surface area contributed by atoms with Crippen LogP contribution in [0.2, 0.25) is 0 Å². The summed E-state index contributed by atoms with van der Waals surface area (Å²) in [4.78, 5) is 7.43. The Morgan fingerprint density at radius 1 is 0.909 bits per heavy atom. The Morgan fingerprint density at radius 2 is 1.61 bits per heavy atom. The van der Waals surface area contributed by atoms with E-state index < -0.39 is 0 Å². The Labute approximate surface area is 214 Å². The van der Waals surface area contributed by atoms with E-state index in [0.29, 0.717) is 0 Å². The van der Waals surface area contributed by atoms with E-state index in [-0.39, 0.29) is 24.0 Å². The van der Waals surface area contributed by atoms with Crippen molar-refractivity contribution >= 4 is 16.7 Å². The Hall–Kier alpha value is -2.38. The highest BCUT2D eigenvalue weighted by molar-refractivity contribution is 5.94. The van der Waals surface area contributed by atoms with E-state index in [0.717, 1.165) is 42.9 Å². The fourth-order valence-electron chi connectivity index (χ4n) is 5.02. The second-order valence-corrected chi connectivity index (χ2v) is 10.1. The van der Waals surface area contributed by atoms with Crippen LogP contribution in [-0.4, -0.2) is 41.7 Å². The molecule has 0 saturated heterocycles. The van der Waals surface area contributed by atoms with Crippen molar-refractivity contribution in [1.29, 1.82) is 0 Å². The fourth-order valence-corrected chi connectivity index (χ4v) is 5.02. The topological polar surface area (TPSA) is 21.1 Å². The third-order valence-electron chi connectivity index (χ3n) is 6.59. The zero-order chi connectivity index (χ0) is 22.3. The van der Waals surface area contributed by atoms with E-state index in [9.17, 15) is 0 Å². The molecule has 33 heavy (non-hydrogen) atoms. The largest absolute Gasteiger partial charge is 1.00 e. The summed E-state index contributed by atoms with van der Waals surface area (Å²) in [6.45, 7) is 6.06. The minimum Gasteiger partial charge on any atom is -1.00 e. The van der Waals surface area contributed by atoms with Crippen LogP contribution in [0.5, 0.6) is 0 Å². The summed E-state index contributed by atoms with van der Waals surface area (Å²) in [6, 6.07) is 21.8. The normalized spacial score (nSPS) is 13.6. The fraction of sp³-hybridized carbons (Fsp3) is 0.321. The van der Waals surface area contributed by atoms with Crippen molar-refractivity contribution in [2.45, 2.75) is 33.0 Å². The molecule has 0 atom stereocenters. The number of rotatable bonds is 5. The molecule has 4 nitrogen and oxygen atoms in total. The lowest BCUT2D eigenvalue weighted by molar-refractivity contribution is -0.883. The molecule has 1 aliphatic heterocycles. The first-order valence-corrected chi connectivity index (χ1v) is 11.5. The minimum absolute atomic E-state index is 0. The van der Waals surface area contributed by atoms with Crippen molar-refractivity contribution < 1.29 is 28.5 Å². The Balaban J connectivity index is 0.00000259. The Kier molecular flexibility index (Phi) is 6.82. The monoisotopic (exact) mass is 552 g/mol. The Morgan fingerprint density at radius 3 is 2.33 bits per heavy atom. The van der Waals surface area contributed by atoms with Gasteiger partial charge in [0.25, 0.3) is 0 Å². The van der Waals surface area contributed by atoms with Gasteiger partial charge < -0.3 is 37.9 Å². The van der Waals surface area contributed by atoms with Gasteiger partial charge in [0.05, 0.1) is 26.7 Å². The zero-order valence-electron chi connectivity index (χ0n) is 20.1. The summed E-state index contributed by atoms with van der Waals surface area (Å²) in [5.41, 5.74) is 8.27. The first-order valence-electron chi connectivity index (χ1n) is 11.5. The molecular formula is C28H33IN4. The van der Waals surface area contributed by atoms with Gasteiger partial charge in [0.1, 0.15) is 6.54 Å². The third kappa shape index (κ3) is 4.80. The smallest absolute Gasteiger partial charge is 0.153 e. The average Bonchev–Trinajstić information content (AvgIpc) is 3.04. The predicted molar refractivity (Wildman–Crippen MR) is 133 cm³/mol. The molecule has 5 heteroatoms. The van der Waals surface area contributed by atoms with E-state index in [1.807, 2.05) is 6.20 Å². The standard InChI is InChI=1S/C28H33N4.HI/c1-21-26(20-32(2,3)4)25-14-16-29-28(27(25)31(21)18-22-10-6-5-7-11-22)30-17-15-23-12-8-9-13-24(23)19-30;/h5-14,16H,15,17-20H2,1-4H3;1H/q+1;/p-1. The van der Waals surface area contributed by atoms with E-state index in [1.165, 1.54) is 38.9 Å². The number of pyridine rings is 1. The van der Waals surface area contributed by atoms with E-state index in [2.05, 4.69) is 98.2 Å². The van der Waals surface area contributed by atoms with Gasteiger partial charge in [-0.05, 0) is 36.1 Å². The predicted octanol–water partition coefficient (Wildman–Crippen LogP) is 2.17. The number of anilines is 1. The molecule has 0 N–H and O–H groups in total. The van der Waals surface area contributed by atoms with E-state index >= 15 is 0 Å². The number of quaternary nitrogens is 1. The van der Waals surface area contributed by atoms with Crippen LogP contribution in [0, 0.1) is 6.92 Å². The molecule has 0 radical (unpaired) electrons. The summed E-state index contributed by atoms with van der Waals surface area (Å²) < 4.78 is 3.40. The van der Waals surface area contributed by atoms with Gasteiger partial charge in [-0.25, -0.2) is 4.98 Å². The highest BCUT2D eigenvalue weighted by atomic mass is 127. The summed E-state index contributed by atoms with van der Waals surface area (Å²) in [5, 5.41) is 1.34. The molecule has 0 spiro atoms. The van der Waals surface area contributed by atoms with E-state index in [1.54, 1.807) is 0 Å². The number of halogens is 1. The maximum atomic E-state index is 4.96. The maximum Gasteiger partial charge on any atom is 0.153 e. The van der Waals surface area contributed by atoms with Gasteiger partial charge in [-0.3, -0.25) is 0 Å². The van der Waals surface area contributed by atoms with Crippen molar-refractivity contribution in [3.05, 3.63) is 94.8 Å². The molecule has 0 saturated carbocycles. The van der Waals surface area contributed by atoms with Gasteiger partial charge in [0.2, 0.25) is 0 Å². The minimum atomic E-state index is 0. The molecule has 4 aromatic rings. The second-order valence-electron chi connectivity index (χ2n) is 10.1. The first kappa shape index (κ1) is 23.8. The van der Waals surface area contributed by atoms with Crippen molar-refractivity contribution in [3.8, 4) is 0 Å². The lowest BCUT2D eigenvalue weighted by Gasteiger charge is -2.30. The van der Waals surface area contributed by atoms with Crippen LogP contribution in [-0.2, 0) is 26.1 Å². The van der Waals surface area contributed by atoms with Crippen LogP contribution in [0.1, 0.15) is 27.9 Å². The Bertz CT molecular complexity index is 1250. The molecule has 0 unspecified atom stereocenters. The lowest BCUT2D eigenvalue weighted by atomic mass is 10.00. The van der Waals surface area contributed by atoms with Gasteiger partial charge in [0.15, 0.2) is 5.82 Å². The van der Waals surface area contributed by atoms with Crippen molar-refractivity contribution in [3.63, 3.8) is 0 Å². The number of aromatic nitrogens is 2. The van der Waals surface area contributed by atoms with Crippen molar-refractivity contribution in [1.82, 2.24) is 9.55 Å². The van der Waals surface area contributed by atoms with Gasteiger partial charge in [0, 0.05) is 42.5 Å². The summed E-state index contributed by atoms with van der Waals surface area (Å²) in [7, 11) is 6.80. The van der Waals surface area contributed by atoms with Crippen LogP contribution in [0.3, 0.4) is 0 Å². The van der Waals surface area contributed by atoms with Crippen molar-refractivity contribution in [2.24, 2.45) is 0 Å².